The normalized spacial score (nSPS) is 12.6. The van der Waals surface area contributed by atoms with Gasteiger partial charge in [0.15, 0.2) is 0 Å². The molecule has 0 aliphatic carbocycles. The molecule has 0 spiro atoms. The summed E-state index contributed by atoms with van der Waals surface area (Å²) in [5.41, 5.74) is 8.08. The second-order valence-corrected chi connectivity index (χ2v) is 13.7. The summed E-state index contributed by atoms with van der Waals surface area (Å²) in [5, 5.41) is 7.86. The molecule has 5 aromatic carbocycles. The van der Waals surface area contributed by atoms with Crippen molar-refractivity contribution in [2.75, 3.05) is 11.5 Å². The summed E-state index contributed by atoms with van der Waals surface area (Å²) in [6, 6.07) is 49.1. The van der Waals surface area contributed by atoms with E-state index in [1.807, 2.05) is 23.5 Å². The van der Waals surface area contributed by atoms with Crippen LogP contribution in [0.4, 0.5) is 0 Å². The Kier molecular flexibility index (Phi) is 12.6. The first kappa shape index (κ1) is 32.1. The SMILES string of the molecule is Cc1ccc(SCC(Cc2ccccc2)NCc2ccccc2CNC(CSc2ccc(C)cc2)Cc2ccccc2)cc1. The lowest BCUT2D eigenvalue weighted by molar-refractivity contribution is 0.535. The molecule has 0 saturated carbocycles. The van der Waals surface area contributed by atoms with Crippen molar-refractivity contribution in [3.05, 3.63) is 167 Å². The summed E-state index contributed by atoms with van der Waals surface area (Å²) in [7, 11) is 0. The Hall–Kier alpha value is -3.28. The van der Waals surface area contributed by atoms with E-state index in [1.54, 1.807) is 0 Å². The zero-order valence-corrected chi connectivity index (χ0v) is 27.5. The highest BCUT2D eigenvalue weighted by molar-refractivity contribution is 7.99. The standard InChI is InChI=1S/C40H44N2S2/c1-31-17-21-39(22-18-31)43-29-37(25-33-11-5-3-6-12-33)41-27-35-15-9-10-16-36(35)28-42-38(26-34-13-7-4-8-14-34)30-44-40-23-19-32(2)20-24-40/h3-24,37-38,41-42H,25-30H2,1-2H3. The summed E-state index contributed by atoms with van der Waals surface area (Å²) in [6.07, 6.45) is 2.02. The van der Waals surface area contributed by atoms with Gasteiger partial charge in [-0.25, -0.2) is 0 Å². The molecule has 0 aromatic heterocycles. The minimum absolute atomic E-state index is 0.362. The van der Waals surface area contributed by atoms with Crippen LogP contribution in [0.2, 0.25) is 0 Å². The molecule has 5 aromatic rings. The number of nitrogens with one attached hydrogen (secondary N) is 2. The van der Waals surface area contributed by atoms with Crippen LogP contribution in [0.3, 0.4) is 0 Å². The largest absolute Gasteiger partial charge is 0.309 e. The fraction of sp³-hybridized carbons (Fsp3) is 0.250. The summed E-state index contributed by atoms with van der Waals surface area (Å²) in [6.45, 7) is 6.00. The number of thioether (sulfide) groups is 2. The Morgan fingerprint density at radius 1 is 0.455 bits per heavy atom. The maximum absolute atomic E-state index is 3.93. The third kappa shape index (κ3) is 10.7. The lowest BCUT2D eigenvalue weighted by Crippen LogP contribution is -2.35. The molecule has 2 N–H and O–H groups in total. The number of hydrogen-bond acceptors (Lipinski definition) is 4. The Morgan fingerprint density at radius 2 is 0.818 bits per heavy atom. The molecule has 44 heavy (non-hydrogen) atoms. The number of rotatable bonds is 16. The van der Waals surface area contributed by atoms with Gasteiger partial charge in [-0.15, -0.1) is 23.5 Å². The van der Waals surface area contributed by atoms with Crippen molar-refractivity contribution in [1.29, 1.82) is 0 Å². The van der Waals surface area contributed by atoms with E-state index >= 15 is 0 Å². The van der Waals surface area contributed by atoms with Crippen LogP contribution in [-0.4, -0.2) is 23.6 Å². The second-order valence-electron chi connectivity index (χ2n) is 11.6. The van der Waals surface area contributed by atoms with Gasteiger partial charge in [0.25, 0.3) is 0 Å². The first-order valence-corrected chi connectivity index (χ1v) is 17.6. The molecule has 4 heteroatoms. The zero-order valence-electron chi connectivity index (χ0n) is 25.9. The first-order valence-electron chi connectivity index (χ1n) is 15.6. The maximum Gasteiger partial charge on any atom is 0.0211 e. The van der Waals surface area contributed by atoms with E-state index in [2.05, 4.69) is 158 Å². The van der Waals surface area contributed by atoms with Crippen LogP contribution < -0.4 is 10.6 Å². The van der Waals surface area contributed by atoms with Gasteiger partial charge < -0.3 is 10.6 Å². The van der Waals surface area contributed by atoms with Crippen LogP contribution in [0.25, 0.3) is 0 Å². The minimum atomic E-state index is 0.362. The molecule has 0 amide bonds. The van der Waals surface area contributed by atoms with Gasteiger partial charge in [-0.3, -0.25) is 0 Å². The molecule has 0 radical (unpaired) electrons. The molecule has 0 saturated heterocycles. The van der Waals surface area contributed by atoms with E-state index in [4.69, 9.17) is 0 Å². The van der Waals surface area contributed by atoms with Crippen molar-refractivity contribution in [1.82, 2.24) is 10.6 Å². The van der Waals surface area contributed by atoms with Crippen molar-refractivity contribution in [2.45, 2.75) is 61.7 Å². The molecular formula is C40H44N2S2. The highest BCUT2D eigenvalue weighted by Gasteiger charge is 2.14. The van der Waals surface area contributed by atoms with Gasteiger partial charge in [0.05, 0.1) is 0 Å². The molecule has 0 heterocycles. The molecule has 2 nitrogen and oxygen atoms in total. The van der Waals surface area contributed by atoms with Crippen molar-refractivity contribution in [2.24, 2.45) is 0 Å². The Labute approximate surface area is 273 Å². The van der Waals surface area contributed by atoms with Gasteiger partial charge in [-0.05, 0) is 73.2 Å². The number of aryl methyl sites for hydroxylation is 2. The van der Waals surface area contributed by atoms with Crippen molar-refractivity contribution >= 4 is 23.5 Å². The third-order valence-electron chi connectivity index (χ3n) is 7.87. The second kappa shape index (κ2) is 17.3. The zero-order chi connectivity index (χ0) is 30.4. The molecule has 5 rings (SSSR count). The first-order chi connectivity index (χ1) is 21.6. The van der Waals surface area contributed by atoms with Gasteiger partial charge >= 0.3 is 0 Å². The predicted molar refractivity (Wildman–Crippen MR) is 192 cm³/mol. The Bertz CT molecular complexity index is 1400. The van der Waals surface area contributed by atoms with Gasteiger partial charge in [-0.1, -0.05) is 120 Å². The van der Waals surface area contributed by atoms with Gasteiger partial charge in [0.1, 0.15) is 0 Å². The van der Waals surface area contributed by atoms with Crippen LogP contribution in [0, 0.1) is 13.8 Å². The summed E-state index contributed by atoms with van der Waals surface area (Å²) >= 11 is 3.88. The van der Waals surface area contributed by atoms with E-state index in [9.17, 15) is 0 Å². The van der Waals surface area contributed by atoms with E-state index < -0.39 is 0 Å². The number of hydrogen-bond donors (Lipinski definition) is 2. The van der Waals surface area contributed by atoms with E-state index in [0.29, 0.717) is 12.1 Å². The smallest absolute Gasteiger partial charge is 0.0211 e. The van der Waals surface area contributed by atoms with Crippen LogP contribution >= 0.6 is 23.5 Å². The molecule has 0 bridgehead atoms. The molecule has 0 aliphatic heterocycles. The average molecular weight is 617 g/mol. The molecule has 2 unspecified atom stereocenters. The number of benzene rings is 5. The van der Waals surface area contributed by atoms with Crippen LogP contribution in [0.15, 0.2) is 143 Å². The summed E-state index contributed by atoms with van der Waals surface area (Å²) in [5.74, 6) is 2.04. The molecule has 226 valence electrons. The van der Waals surface area contributed by atoms with Gasteiger partial charge in [0, 0.05) is 46.5 Å². The van der Waals surface area contributed by atoms with Crippen molar-refractivity contribution in [3.63, 3.8) is 0 Å². The summed E-state index contributed by atoms with van der Waals surface area (Å²) in [4.78, 5) is 2.65. The van der Waals surface area contributed by atoms with Gasteiger partial charge in [-0.2, -0.15) is 0 Å². The maximum atomic E-state index is 3.93. The van der Waals surface area contributed by atoms with E-state index in [1.165, 1.54) is 43.2 Å². The summed E-state index contributed by atoms with van der Waals surface area (Å²) < 4.78 is 0. The quantitative estimate of drug-likeness (QED) is 0.108. The van der Waals surface area contributed by atoms with E-state index in [-0.39, 0.29) is 0 Å². The fourth-order valence-electron chi connectivity index (χ4n) is 5.25. The third-order valence-corrected chi connectivity index (χ3v) is 10.2. The van der Waals surface area contributed by atoms with E-state index in [0.717, 1.165) is 37.4 Å². The Morgan fingerprint density at radius 3 is 1.20 bits per heavy atom. The van der Waals surface area contributed by atoms with Crippen molar-refractivity contribution in [3.8, 4) is 0 Å². The molecule has 2 atom stereocenters. The lowest BCUT2D eigenvalue weighted by Gasteiger charge is -2.22. The van der Waals surface area contributed by atoms with Gasteiger partial charge in [0.2, 0.25) is 0 Å². The molecule has 0 fully saturated rings. The molecular weight excluding hydrogens is 573 g/mol. The monoisotopic (exact) mass is 616 g/mol. The van der Waals surface area contributed by atoms with Crippen LogP contribution in [0.1, 0.15) is 33.4 Å². The lowest BCUT2D eigenvalue weighted by atomic mass is 10.0. The topological polar surface area (TPSA) is 24.1 Å². The van der Waals surface area contributed by atoms with Crippen molar-refractivity contribution < 1.29 is 0 Å². The Balaban J connectivity index is 1.23. The highest BCUT2D eigenvalue weighted by Crippen LogP contribution is 2.23. The van der Waals surface area contributed by atoms with Crippen LogP contribution in [0.5, 0.6) is 0 Å². The molecule has 0 aliphatic rings. The minimum Gasteiger partial charge on any atom is -0.309 e. The highest BCUT2D eigenvalue weighted by atomic mass is 32.2. The average Bonchev–Trinajstić information content (AvgIpc) is 3.06. The van der Waals surface area contributed by atoms with Crippen LogP contribution in [-0.2, 0) is 25.9 Å². The fourth-order valence-corrected chi connectivity index (χ4v) is 7.17. The predicted octanol–water partition coefficient (Wildman–Crippen LogP) is 9.29.